The molecule has 0 fully saturated rings. The van der Waals surface area contributed by atoms with Crippen LogP contribution in [0.15, 0.2) is 11.2 Å². The second-order valence-electron chi connectivity index (χ2n) is 5.48. The summed E-state index contributed by atoms with van der Waals surface area (Å²) in [5.74, 6) is 1.29. The molecule has 0 saturated carbocycles. The van der Waals surface area contributed by atoms with Crippen molar-refractivity contribution in [2.24, 2.45) is 0 Å². The van der Waals surface area contributed by atoms with Gasteiger partial charge in [0.25, 0.3) is 0 Å². The molecule has 0 saturated heterocycles. The Balaban J connectivity index is 2.79. The molecule has 7 heteroatoms. The van der Waals surface area contributed by atoms with E-state index in [1.807, 2.05) is 27.0 Å². The second-order valence-corrected chi connectivity index (χ2v) is 6.25. The fourth-order valence-electron chi connectivity index (χ4n) is 1.48. The van der Waals surface area contributed by atoms with Gasteiger partial charge < -0.3 is 16.0 Å². The summed E-state index contributed by atoms with van der Waals surface area (Å²) in [5, 5.41) is 9.66. The Morgan fingerprint density at radius 1 is 1.30 bits per heavy atom. The minimum atomic E-state index is -0.372. The molecule has 1 heterocycles. The number of amides is 1. The van der Waals surface area contributed by atoms with Crippen LogP contribution in [0.4, 0.5) is 11.6 Å². The first kappa shape index (κ1) is 16.6. The smallest absolute Gasteiger partial charge is 0.242 e. The van der Waals surface area contributed by atoms with Gasteiger partial charge in [0.2, 0.25) is 5.91 Å². The second kappa shape index (κ2) is 6.78. The molecule has 6 nitrogen and oxygen atoms in total. The molecular formula is C13H23N5OS. The van der Waals surface area contributed by atoms with Crippen molar-refractivity contribution in [3.05, 3.63) is 6.07 Å². The van der Waals surface area contributed by atoms with Gasteiger partial charge in [-0.05, 0) is 34.0 Å². The molecule has 0 aliphatic heterocycles. The molecular weight excluding hydrogens is 274 g/mol. The first-order chi connectivity index (χ1) is 9.25. The topological polar surface area (TPSA) is 78.9 Å². The van der Waals surface area contributed by atoms with Gasteiger partial charge in [-0.1, -0.05) is 11.8 Å². The number of rotatable bonds is 5. The van der Waals surface area contributed by atoms with Crippen LogP contribution >= 0.6 is 11.8 Å². The third kappa shape index (κ3) is 5.24. The molecule has 1 unspecified atom stereocenters. The Labute approximate surface area is 124 Å². The van der Waals surface area contributed by atoms with Crippen LogP contribution in [-0.4, -0.2) is 40.8 Å². The summed E-state index contributed by atoms with van der Waals surface area (Å²) in [4.78, 5) is 20.7. The molecule has 0 aliphatic rings. The Morgan fingerprint density at radius 3 is 2.40 bits per heavy atom. The standard InChI is InChI=1S/C13H23N5OS/c1-8(11(19)18-13(2,3)4)15-10-7-9(14-5)16-12(17-10)20-6/h7-8H,1-6H3,(H,18,19)(H2,14,15,16,17). The summed E-state index contributed by atoms with van der Waals surface area (Å²) < 4.78 is 0. The van der Waals surface area contributed by atoms with E-state index in [1.165, 1.54) is 11.8 Å². The average molecular weight is 297 g/mol. The van der Waals surface area contributed by atoms with Gasteiger partial charge in [-0.2, -0.15) is 0 Å². The Bertz CT molecular complexity index is 450. The first-order valence-corrected chi connectivity index (χ1v) is 7.67. The van der Waals surface area contributed by atoms with E-state index in [-0.39, 0.29) is 17.5 Å². The van der Waals surface area contributed by atoms with Crippen LogP contribution < -0.4 is 16.0 Å². The summed E-state index contributed by atoms with van der Waals surface area (Å²) in [6, 6.07) is 1.41. The Morgan fingerprint density at radius 2 is 1.90 bits per heavy atom. The van der Waals surface area contributed by atoms with Crippen LogP contribution in [0.25, 0.3) is 0 Å². The van der Waals surface area contributed by atoms with Crippen LogP contribution in [0.1, 0.15) is 27.7 Å². The number of nitrogens with zero attached hydrogens (tertiary/aromatic N) is 2. The number of anilines is 2. The minimum Gasteiger partial charge on any atom is -0.373 e. The van der Waals surface area contributed by atoms with E-state index in [9.17, 15) is 4.79 Å². The van der Waals surface area contributed by atoms with E-state index in [0.717, 1.165) is 5.82 Å². The minimum absolute atomic E-state index is 0.0622. The zero-order valence-corrected chi connectivity index (χ0v) is 13.7. The average Bonchev–Trinajstić information content (AvgIpc) is 2.36. The molecule has 0 bridgehead atoms. The van der Waals surface area contributed by atoms with E-state index in [0.29, 0.717) is 11.0 Å². The van der Waals surface area contributed by atoms with Gasteiger partial charge in [0.15, 0.2) is 5.16 Å². The predicted octanol–water partition coefficient (Wildman–Crippen LogP) is 1.96. The lowest BCUT2D eigenvalue weighted by atomic mass is 10.1. The molecule has 1 aromatic heterocycles. The largest absolute Gasteiger partial charge is 0.373 e. The molecule has 0 spiro atoms. The van der Waals surface area contributed by atoms with Crippen molar-refractivity contribution < 1.29 is 4.79 Å². The van der Waals surface area contributed by atoms with Gasteiger partial charge in [0.05, 0.1) is 0 Å². The van der Waals surface area contributed by atoms with E-state index < -0.39 is 0 Å². The highest BCUT2D eigenvalue weighted by Gasteiger charge is 2.19. The summed E-state index contributed by atoms with van der Waals surface area (Å²) in [6.07, 6.45) is 1.91. The number of aromatic nitrogens is 2. The number of hydrogen-bond acceptors (Lipinski definition) is 6. The third-order valence-corrected chi connectivity index (χ3v) is 2.95. The fourth-order valence-corrected chi connectivity index (χ4v) is 1.86. The van der Waals surface area contributed by atoms with Crippen LogP contribution in [0, 0.1) is 0 Å². The van der Waals surface area contributed by atoms with Crippen molar-refractivity contribution in [1.82, 2.24) is 15.3 Å². The van der Waals surface area contributed by atoms with E-state index in [1.54, 1.807) is 20.0 Å². The SMILES string of the molecule is CNc1cc(NC(C)C(=O)NC(C)(C)C)nc(SC)n1. The molecule has 20 heavy (non-hydrogen) atoms. The van der Waals surface area contributed by atoms with Gasteiger partial charge in [-0.15, -0.1) is 0 Å². The van der Waals surface area contributed by atoms with Crippen molar-refractivity contribution in [2.75, 3.05) is 23.9 Å². The molecule has 1 rings (SSSR count). The molecule has 0 radical (unpaired) electrons. The normalized spacial score (nSPS) is 12.7. The van der Waals surface area contributed by atoms with Gasteiger partial charge in [0.1, 0.15) is 17.7 Å². The van der Waals surface area contributed by atoms with Crippen molar-refractivity contribution >= 4 is 29.3 Å². The summed E-state index contributed by atoms with van der Waals surface area (Å²) in [5.41, 5.74) is -0.251. The van der Waals surface area contributed by atoms with Crippen molar-refractivity contribution in [3.63, 3.8) is 0 Å². The van der Waals surface area contributed by atoms with Crippen molar-refractivity contribution in [3.8, 4) is 0 Å². The third-order valence-electron chi connectivity index (χ3n) is 2.40. The van der Waals surface area contributed by atoms with Crippen LogP contribution in [0.3, 0.4) is 0 Å². The molecule has 112 valence electrons. The quantitative estimate of drug-likeness (QED) is 0.569. The number of hydrogen-bond donors (Lipinski definition) is 3. The first-order valence-electron chi connectivity index (χ1n) is 6.44. The number of carbonyl (C=O) groups is 1. The molecule has 1 aromatic rings. The maximum atomic E-state index is 12.0. The van der Waals surface area contributed by atoms with E-state index >= 15 is 0 Å². The van der Waals surface area contributed by atoms with Gasteiger partial charge >= 0.3 is 0 Å². The Kier molecular flexibility index (Phi) is 5.62. The lowest BCUT2D eigenvalue weighted by Gasteiger charge is -2.24. The number of nitrogens with one attached hydrogen (secondary N) is 3. The summed E-state index contributed by atoms with van der Waals surface area (Å²) in [6.45, 7) is 7.66. The highest BCUT2D eigenvalue weighted by atomic mass is 32.2. The summed E-state index contributed by atoms with van der Waals surface area (Å²) >= 11 is 1.46. The lowest BCUT2D eigenvalue weighted by Crippen LogP contribution is -2.47. The molecule has 1 amide bonds. The highest BCUT2D eigenvalue weighted by Crippen LogP contribution is 2.17. The van der Waals surface area contributed by atoms with Gasteiger partial charge in [0, 0.05) is 18.7 Å². The molecule has 0 aromatic carbocycles. The molecule has 1 atom stereocenters. The monoisotopic (exact) mass is 297 g/mol. The molecule has 3 N–H and O–H groups in total. The zero-order chi connectivity index (χ0) is 15.3. The van der Waals surface area contributed by atoms with Crippen LogP contribution in [-0.2, 0) is 4.79 Å². The van der Waals surface area contributed by atoms with Crippen LogP contribution in [0.2, 0.25) is 0 Å². The van der Waals surface area contributed by atoms with Crippen LogP contribution in [0.5, 0.6) is 0 Å². The number of thioether (sulfide) groups is 1. The summed E-state index contributed by atoms with van der Waals surface area (Å²) in [7, 11) is 1.80. The fraction of sp³-hybridized carbons (Fsp3) is 0.615. The maximum absolute atomic E-state index is 12.0. The highest BCUT2D eigenvalue weighted by molar-refractivity contribution is 7.98. The predicted molar refractivity (Wildman–Crippen MR) is 84.3 cm³/mol. The van der Waals surface area contributed by atoms with Gasteiger partial charge in [-0.25, -0.2) is 9.97 Å². The number of carbonyl (C=O) groups excluding carboxylic acids is 1. The lowest BCUT2D eigenvalue weighted by molar-refractivity contribution is -0.122. The van der Waals surface area contributed by atoms with E-state index in [4.69, 9.17) is 0 Å². The Hall–Kier alpha value is -1.50. The zero-order valence-electron chi connectivity index (χ0n) is 12.9. The molecule has 0 aliphatic carbocycles. The van der Waals surface area contributed by atoms with Gasteiger partial charge in [-0.3, -0.25) is 4.79 Å². The van der Waals surface area contributed by atoms with E-state index in [2.05, 4.69) is 25.9 Å². The van der Waals surface area contributed by atoms with Crippen molar-refractivity contribution in [2.45, 2.75) is 44.4 Å². The van der Waals surface area contributed by atoms with Crippen molar-refractivity contribution in [1.29, 1.82) is 0 Å². The maximum Gasteiger partial charge on any atom is 0.242 e.